The largest absolute Gasteiger partial charge is 0.503 e. The molecule has 0 spiro atoms. The molecule has 0 amide bonds. The van der Waals surface area contributed by atoms with Crippen molar-refractivity contribution in [1.29, 1.82) is 0 Å². The quantitative estimate of drug-likeness (QED) is 0.642. The van der Waals surface area contributed by atoms with Gasteiger partial charge in [0, 0.05) is 6.42 Å². The maximum Gasteiger partial charge on any atom is 0.433 e. The number of rotatable bonds is 5. The van der Waals surface area contributed by atoms with Crippen molar-refractivity contribution < 1.29 is 32.5 Å². The summed E-state index contributed by atoms with van der Waals surface area (Å²) in [5.74, 6) is -1.22. The van der Waals surface area contributed by atoms with Gasteiger partial charge in [-0.05, 0) is 17.5 Å². The Morgan fingerprint density at radius 3 is 2.72 bits per heavy atom. The van der Waals surface area contributed by atoms with E-state index in [0.29, 0.717) is 11.1 Å². The van der Waals surface area contributed by atoms with Gasteiger partial charge in [0.15, 0.2) is 5.90 Å². The zero-order valence-corrected chi connectivity index (χ0v) is 13.3. The summed E-state index contributed by atoms with van der Waals surface area (Å²) in [4.78, 5) is 14.8. The molecule has 2 rings (SSSR count). The van der Waals surface area contributed by atoms with Crippen LogP contribution in [0.25, 0.3) is 5.57 Å². The average Bonchev–Trinajstić information content (AvgIpc) is 2.57. The van der Waals surface area contributed by atoms with Gasteiger partial charge in [-0.1, -0.05) is 30.3 Å². The fourth-order valence-corrected chi connectivity index (χ4v) is 2.27. The first-order chi connectivity index (χ1) is 11.8. The van der Waals surface area contributed by atoms with E-state index in [2.05, 4.69) is 4.99 Å². The second-order valence-electron chi connectivity index (χ2n) is 5.15. The molecule has 0 fully saturated rings. The van der Waals surface area contributed by atoms with Gasteiger partial charge in [0.2, 0.25) is 0 Å². The minimum absolute atomic E-state index is 0.0303. The first-order valence-electron chi connectivity index (χ1n) is 7.35. The third-order valence-corrected chi connectivity index (χ3v) is 3.40. The van der Waals surface area contributed by atoms with Crippen LogP contribution in [0.3, 0.4) is 0 Å². The molecule has 1 heterocycles. The van der Waals surface area contributed by atoms with Gasteiger partial charge in [-0.25, -0.2) is 9.79 Å². The van der Waals surface area contributed by atoms with Gasteiger partial charge in [0.25, 0.3) is 0 Å². The average molecular weight is 355 g/mol. The van der Waals surface area contributed by atoms with E-state index in [0.717, 1.165) is 12.3 Å². The van der Waals surface area contributed by atoms with E-state index < -0.39 is 17.8 Å². The normalized spacial score (nSPS) is 15.3. The number of carboxylic acids is 1. The number of halogens is 3. The highest BCUT2D eigenvalue weighted by molar-refractivity contribution is 6.15. The number of alkyl halides is 3. The van der Waals surface area contributed by atoms with Gasteiger partial charge >= 0.3 is 12.1 Å². The van der Waals surface area contributed by atoms with Crippen molar-refractivity contribution in [2.45, 2.75) is 25.6 Å². The highest BCUT2D eigenvalue weighted by atomic mass is 19.4. The first-order valence-corrected chi connectivity index (χ1v) is 7.35. The summed E-state index contributed by atoms with van der Waals surface area (Å²) in [6.45, 7) is -0.103. The maximum atomic E-state index is 12.7. The molecular formula is C17H16F3NO4. The van der Waals surface area contributed by atoms with E-state index in [1.807, 2.05) is 0 Å². The van der Waals surface area contributed by atoms with Gasteiger partial charge < -0.3 is 14.6 Å². The lowest BCUT2D eigenvalue weighted by Gasteiger charge is -2.17. The van der Waals surface area contributed by atoms with E-state index in [1.165, 1.54) is 7.11 Å². The van der Waals surface area contributed by atoms with E-state index in [-0.39, 0.29) is 30.9 Å². The Bertz CT molecular complexity index is 736. The fraction of sp³-hybridized carbons (Fsp3) is 0.294. The van der Waals surface area contributed by atoms with Crippen LogP contribution in [0.15, 0.2) is 47.3 Å². The molecule has 1 aliphatic rings. The van der Waals surface area contributed by atoms with Crippen LogP contribution in [-0.4, -0.2) is 30.3 Å². The minimum Gasteiger partial charge on any atom is -0.503 e. The van der Waals surface area contributed by atoms with Crippen LogP contribution in [0.4, 0.5) is 13.2 Å². The summed E-state index contributed by atoms with van der Waals surface area (Å²) < 4.78 is 48.3. The van der Waals surface area contributed by atoms with Crippen molar-refractivity contribution in [3.63, 3.8) is 0 Å². The molecule has 25 heavy (non-hydrogen) atoms. The lowest BCUT2D eigenvalue weighted by molar-refractivity contribution is -0.130. The van der Waals surface area contributed by atoms with Gasteiger partial charge in [-0.2, -0.15) is 13.2 Å². The predicted molar refractivity (Wildman–Crippen MR) is 84.7 cm³/mol. The molecule has 0 radical (unpaired) electrons. The van der Waals surface area contributed by atoms with Crippen molar-refractivity contribution in [2.75, 3.05) is 7.11 Å². The van der Waals surface area contributed by atoms with Crippen LogP contribution in [0, 0.1) is 0 Å². The Balaban J connectivity index is 2.20. The van der Waals surface area contributed by atoms with Crippen LogP contribution < -0.4 is 0 Å². The first kappa shape index (κ1) is 18.6. The predicted octanol–water partition coefficient (Wildman–Crippen LogP) is 3.91. The van der Waals surface area contributed by atoms with Crippen LogP contribution in [0.1, 0.15) is 24.0 Å². The maximum absolute atomic E-state index is 12.7. The molecule has 134 valence electrons. The zero-order chi connectivity index (χ0) is 18.4. The third-order valence-electron chi connectivity index (χ3n) is 3.40. The molecule has 0 aromatic heterocycles. The summed E-state index contributed by atoms with van der Waals surface area (Å²) in [6.07, 6.45) is -1.99. The van der Waals surface area contributed by atoms with E-state index in [9.17, 15) is 23.1 Å². The number of carboxylic acid groups (broad SMARTS) is 1. The number of methoxy groups -OCH3 is 1. The fourth-order valence-electron chi connectivity index (χ4n) is 2.27. The van der Waals surface area contributed by atoms with Crippen LogP contribution in [0.5, 0.6) is 0 Å². The standard InChI is InChI=1S/C17H16F3NO4/c1-24-10-13(16(22)23)12-6-3-2-5-11(12)9-25-15-8-4-7-14(21-15)17(18,19)20/h2-3,5-7,10H,4,8-9H2,1H3,(H,22,23). The van der Waals surface area contributed by atoms with Crippen molar-refractivity contribution in [3.8, 4) is 0 Å². The molecule has 1 aliphatic heterocycles. The Hall–Kier alpha value is -2.77. The third kappa shape index (κ3) is 4.85. The van der Waals surface area contributed by atoms with Gasteiger partial charge in [-0.15, -0.1) is 0 Å². The SMILES string of the molecule is COC=C(C(=O)O)c1ccccc1COC1=NC(C(F)(F)F)=CCC1. The minimum atomic E-state index is -4.52. The molecule has 0 aliphatic carbocycles. The number of allylic oxidation sites excluding steroid dienone is 2. The van der Waals surface area contributed by atoms with Crippen molar-refractivity contribution >= 4 is 17.4 Å². The summed E-state index contributed by atoms with van der Waals surface area (Å²) in [6, 6.07) is 6.53. The molecule has 5 nitrogen and oxygen atoms in total. The number of nitrogens with zero attached hydrogens (tertiary/aromatic N) is 1. The molecule has 0 unspecified atom stereocenters. The Kier molecular flexibility index (Phi) is 5.84. The molecule has 0 bridgehead atoms. The number of aliphatic imine (C=N–C) groups is 1. The molecule has 0 saturated heterocycles. The molecular weight excluding hydrogens is 339 g/mol. The number of aliphatic carboxylic acids is 1. The lowest BCUT2D eigenvalue weighted by Crippen LogP contribution is -2.17. The molecule has 8 heteroatoms. The van der Waals surface area contributed by atoms with Crippen LogP contribution >= 0.6 is 0 Å². The number of carbonyl (C=O) groups is 1. The van der Waals surface area contributed by atoms with E-state index in [1.54, 1.807) is 24.3 Å². The monoisotopic (exact) mass is 355 g/mol. The highest BCUT2D eigenvalue weighted by Gasteiger charge is 2.35. The van der Waals surface area contributed by atoms with Crippen molar-refractivity contribution in [1.82, 2.24) is 0 Å². The summed E-state index contributed by atoms with van der Waals surface area (Å²) in [7, 11) is 1.32. The topological polar surface area (TPSA) is 68.1 Å². The molecule has 1 aromatic rings. The molecule has 0 saturated carbocycles. The lowest BCUT2D eigenvalue weighted by atomic mass is 10.0. The summed E-state index contributed by atoms with van der Waals surface area (Å²) in [5, 5.41) is 9.28. The number of hydrogen-bond acceptors (Lipinski definition) is 4. The second-order valence-corrected chi connectivity index (χ2v) is 5.15. The van der Waals surface area contributed by atoms with Gasteiger partial charge in [0.1, 0.15) is 17.9 Å². The van der Waals surface area contributed by atoms with E-state index >= 15 is 0 Å². The number of benzene rings is 1. The molecule has 1 N–H and O–H groups in total. The Labute approximate surface area is 142 Å². The Morgan fingerprint density at radius 2 is 2.08 bits per heavy atom. The summed E-state index contributed by atoms with van der Waals surface area (Å²) >= 11 is 0. The van der Waals surface area contributed by atoms with Crippen molar-refractivity contribution in [2.24, 2.45) is 4.99 Å². The van der Waals surface area contributed by atoms with Gasteiger partial charge in [0.05, 0.1) is 13.4 Å². The Morgan fingerprint density at radius 1 is 1.36 bits per heavy atom. The van der Waals surface area contributed by atoms with Crippen LogP contribution in [0.2, 0.25) is 0 Å². The molecule has 0 atom stereocenters. The number of ether oxygens (including phenoxy) is 2. The highest BCUT2D eigenvalue weighted by Crippen LogP contribution is 2.30. The summed E-state index contributed by atoms with van der Waals surface area (Å²) in [5.41, 5.74) is -0.199. The smallest absolute Gasteiger partial charge is 0.433 e. The number of hydrogen-bond donors (Lipinski definition) is 1. The van der Waals surface area contributed by atoms with Gasteiger partial charge in [-0.3, -0.25) is 0 Å². The van der Waals surface area contributed by atoms with E-state index in [4.69, 9.17) is 9.47 Å². The van der Waals surface area contributed by atoms with Crippen molar-refractivity contribution in [3.05, 3.63) is 53.4 Å². The molecule has 1 aromatic carbocycles. The zero-order valence-electron chi connectivity index (χ0n) is 13.3. The second kappa shape index (κ2) is 7.87. The van der Waals surface area contributed by atoms with Crippen LogP contribution in [-0.2, 0) is 20.9 Å².